The molecule has 0 saturated heterocycles. The molecule has 1 unspecified atom stereocenters. The van der Waals surface area contributed by atoms with Crippen LogP contribution in [0.1, 0.15) is 11.1 Å². The second kappa shape index (κ2) is 7.73. The summed E-state index contributed by atoms with van der Waals surface area (Å²) >= 11 is 11.8. The van der Waals surface area contributed by atoms with E-state index in [-0.39, 0.29) is 5.88 Å². The molecule has 0 heterocycles. The second-order valence-electron chi connectivity index (χ2n) is 5.21. The quantitative estimate of drug-likeness (QED) is 0.745. The van der Waals surface area contributed by atoms with E-state index < -0.39 is 6.10 Å². The maximum absolute atomic E-state index is 9.44. The molecular formula is C17H19Cl2NO2. The van der Waals surface area contributed by atoms with Crippen LogP contribution in [0.25, 0.3) is 0 Å². The van der Waals surface area contributed by atoms with E-state index in [0.29, 0.717) is 17.3 Å². The third kappa shape index (κ3) is 4.54. The molecule has 2 N–H and O–H groups in total. The zero-order valence-corrected chi connectivity index (χ0v) is 14.1. The summed E-state index contributed by atoms with van der Waals surface area (Å²) in [5, 5.41) is 13.0. The summed E-state index contributed by atoms with van der Waals surface area (Å²) < 4.78 is 5.87. The number of rotatable bonds is 6. The van der Waals surface area contributed by atoms with Crippen molar-refractivity contribution in [3.8, 4) is 11.5 Å². The Kier molecular flexibility index (Phi) is 5.95. The Balaban J connectivity index is 2.09. The molecule has 0 radical (unpaired) electrons. The van der Waals surface area contributed by atoms with E-state index >= 15 is 0 Å². The standard InChI is InChI=1S/C17H19Cl2NO2/c1-11-3-5-16(12(2)7-11)22-17-6-4-13(8-15(17)19)20-10-14(21)9-18/h3-8,14,20-21H,9-10H2,1-2H3. The lowest BCUT2D eigenvalue weighted by atomic mass is 10.1. The average Bonchev–Trinajstić information content (AvgIpc) is 2.49. The number of halogens is 2. The van der Waals surface area contributed by atoms with Gasteiger partial charge in [0.05, 0.1) is 17.0 Å². The van der Waals surface area contributed by atoms with Gasteiger partial charge in [0.15, 0.2) is 0 Å². The molecule has 0 aliphatic carbocycles. The van der Waals surface area contributed by atoms with Gasteiger partial charge in [0, 0.05) is 12.2 Å². The Labute approximate surface area is 140 Å². The molecule has 0 bridgehead atoms. The van der Waals surface area contributed by atoms with Gasteiger partial charge >= 0.3 is 0 Å². The Morgan fingerprint density at radius 1 is 1.14 bits per heavy atom. The lowest BCUT2D eigenvalue weighted by molar-refractivity contribution is 0.211. The molecule has 1 atom stereocenters. The summed E-state index contributed by atoms with van der Waals surface area (Å²) in [7, 11) is 0. The van der Waals surface area contributed by atoms with Gasteiger partial charge in [-0.3, -0.25) is 0 Å². The summed E-state index contributed by atoms with van der Waals surface area (Å²) in [6, 6.07) is 11.4. The van der Waals surface area contributed by atoms with Gasteiger partial charge in [-0.15, -0.1) is 11.6 Å². The minimum atomic E-state index is -0.591. The van der Waals surface area contributed by atoms with Crippen LogP contribution in [0.15, 0.2) is 36.4 Å². The number of benzene rings is 2. The molecule has 0 amide bonds. The van der Waals surface area contributed by atoms with Crippen LogP contribution in [-0.2, 0) is 0 Å². The van der Waals surface area contributed by atoms with Crippen LogP contribution in [0.5, 0.6) is 11.5 Å². The minimum absolute atomic E-state index is 0.189. The normalized spacial score (nSPS) is 12.0. The third-order valence-electron chi connectivity index (χ3n) is 3.20. The number of nitrogens with one attached hydrogen (secondary N) is 1. The van der Waals surface area contributed by atoms with Gasteiger partial charge in [0.25, 0.3) is 0 Å². The fourth-order valence-electron chi connectivity index (χ4n) is 2.02. The highest BCUT2D eigenvalue weighted by Crippen LogP contribution is 2.33. The molecule has 0 fully saturated rings. The molecule has 0 aliphatic heterocycles. The Morgan fingerprint density at radius 3 is 2.50 bits per heavy atom. The SMILES string of the molecule is Cc1ccc(Oc2ccc(NCC(O)CCl)cc2Cl)c(C)c1. The Bertz CT molecular complexity index is 647. The molecule has 2 aromatic rings. The lowest BCUT2D eigenvalue weighted by Gasteiger charge is -2.13. The van der Waals surface area contributed by atoms with E-state index in [1.807, 2.05) is 32.0 Å². The van der Waals surface area contributed by atoms with Crippen LogP contribution in [-0.4, -0.2) is 23.6 Å². The summed E-state index contributed by atoms with van der Waals surface area (Å²) in [6.45, 7) is 4.41. The van der Waals surface area contributed by atoms with Gasteiger partial charge < -0.3 is 15.2 Å². The molecule has 0 aromatic heterocycles. The van der Waals surface area contributed by atoms with E-state index in [1.54, 1.807) is 12.1 Å². The molecule has 0 saturated carbocycles. The van der Waals surface area contributed by atoms with E-state index in [9.17, 15) is 5.11 Å². The first-order valence-electron chi connectivity index (χ1n) is 7.02. The second-order valence-corrected chi connectivity index (χ2v) is 5.92. The highest BCUT2D eigenvalue weighted by molar-refractivity contribution is 6.32. The lowest BCUT2D eigenvalue weighted by Crippen LogP contribution is -2.20. The molecule has 2 rings (SSSR count). The minimum Gasteiger partial charge on any atom is -0.456 e. The van der Waals surface area contributed by atoms with Gasteiger partial charge in [0.2, 0.25) is 0 Å². The van der Waals surface area contributed by atoms with Crippen molar-refractivity contribution in [3.05, 3.63) is 52.5 Å². The predicted molar refractivity (Wildman–Crippen MR) is 92.7 cm³/mol. The molecule has 118 valence electrons. The highest BCUT2D eigenvalue weighted by Gasteiger charge is 2.08. The van der Waals surface area contributed by atoms with Crippen molar-refractivity contribution in [1.29, 1.82) is 0 Å². The molecule has 0 spiro atoms. The van der Waals surface area contributed by atoms with Crippen molar-refractivity contribution in [3.63, 3.8) is 0 Å². The topological polar surface area (TPSA) is 41.5 Å². The number of ether oxygens (including phenoxy) is 1. The van der Waals surface area contributed by atoms with Crippen LogP contribution in [0, 0.1) is 13.8 Å². The largest absolute Gasteiger partial charge is 0.456 e. The van der Waals surface area contributed by atoms with E-state index in [0.717, 1.165) is 17.0 Å². The van der Waals surface area contributed by atoms with Crippen molar-refractivity contribution >= 4 is 28.9 Å². The van der Waals surface area contributed by atoms with Crippen LogP contribution >= 0.6 is 23.2 Å². The maximum Gasteiger partial charge on any atom is 0.146 e. The zero-order chi connectivity index (χ0) is 16.1. The number of alkyl halides is 1. The van der Waals surface area contributed by atoms with E-state index in [1.165, 1.54) is 5.56 Å². The van der Waals surface area contributed by atoms with Gasteiger partial charge in [0.1, 0.15) is 11.5 Å². The number of aryl methyl sites for hydroxylation is 2. The number of anilines is 1. The van der Waals surface area contributed by atoms with E-state index in [4.69, 9.17) is 27.9 Å². The summed E-state index contributed by atoms with van der Waals surface area (Å²) in [4.78, 5) is 0. The van der Waals surface area contributed by atoms with E-state index in [2.05, 4.69) is 11.4 Å². The first-order valence-corrected chi connectivity index (χ1v) is 7.93. The first kappa shape index (κ1) is 16.9. The third-order valence-corrected chi connectivity index (χ3v) is 3.85. The summed E-state index contributed by atoms with van der Waals surface area (Å²) in [6.07, 6.45) is -0.591. The van der Waals surface area contributed by atoms with Gasteiger partial charge in [-0.1, -0.05) is 29.3 Å². The smallest absolute Gasteiger partial charge is 0.146 e. The van der Waals surface area contributed by atoms with Crippen molar-refractivity contribution < 1.29 is 9.84 Å². The zero-order valence-electron chi connectivity index (χ0n) is 12.6. The number of hydrogen-bond donors (Lipinski definition) is 2. The summed E-state index contributed by atoms with van der Waals surface area (Å²) in [5.41, 5.74) is 3.05. The first-order chi connectivity index (χ1) is 10.5. The fourth-order valence-corrected chi connectivity index (χ4v) is 2.34. The molecule has 0 aliphatic rings. The predicted octanol–water partition coefficient (Wildman–Crippen LogP) is 4.76. The van der Waals surface area contributed by atoms with Gasteiger partial charge in [-0.2, -0.15) is 0 Å². The van der Waals surface area contributed by atoms with Crippen LogP contribution < -0.4 is 10.1 Å². The van der Waals surface area contributed by atoms with Crippen molar-refractivity contribution in [2.45, 2.75) is 20.0 Å². The highest BCUT2D eigenvalue weighted by atomic mass is 35.5. The van der Waals surface area contributed by atoms with Crippen molar-refractivity contribution in [2.24, 2.45) is 0 Å². The van der Waals surface area contributed by atoms with Crippen LogP contribution in [0.2, 0.25) is 5.02 Å². The number of aliphatic hydroxyl groups is 1. The Morgan fingerprint density at radius 2 is 1.86 bits per heavy atom. The Hall–Kier alpha value is -1.42. The average molecular weight is 340 g/mol. The molecule has 22 heavy (non-hydrogen) atoms. The van der Waals surface area contributed by atoms with Gasteiger partial charge in [-0.05, 0) is 43.7 Å². The molecule has 2 aromatic carbocycles. The van der Waals surface area contributed by atoms with Crippen LogP contribution in [0.4, 0.5) is 5.69 Å². The fraction of sp³-hybridized carbons (Fsp3) is 0.294. The number of hydrogen-bond acceptors (Lipinski definition) is 3. The van der Waals surface area contributed by atoms with Crippen molar-refractivity contribution in [1.82, 2.24) is 0 Å². The monoisotopic (exact) mass is 339 g/mol. The molecule has 5 heteroatoms. The van der Waals surface area contributed by atoms with Crippen molar-refractivity contribution in [2.75, 3.05) is 17.7 Å². The van der Waals surface area contributed by atoms with Crippen LogP contribution in [0.3, 0.4) is 0 Å². The molecular weight excluding hydrogens is 321 g/mol. The maximum atomic E-state index is 9.44. The summed E-state index contributed by atoms with van der Waals surface area (Å²) in [5.74, 6) is 1.57. The van der Waals surface area contributed by atoms with Gasteiger partial charge in [-0.25, -0.2) is 0 Å². The molecule has 3 nitrogen and oxygen atoms in total. The number of aliphatic hydroxyl groups excluding tert-OH is 1.